The van der Waals surface area contributed by atoms with Crippen molar-refractivity contribution in [2.75, 3.05) is 5.32 Å². The van der Waals surface area contributed by atoms with E-state index in [2.05, 4.69) is 26.3 Å². The van der Waals surface area contributed by atoms with E-state index in [0.29, 0.717) is 5.56 Å². The minimum atomic E-state index is -0.353. The summed E-state index contributed by atoms with van der Waals surface area (Å²) in [5, 5.41) is 17.9. The zero-order valence-corrected chi connectivity index (χ0v) is 13.6. The summed E-state index contributed by atoms with van der Waals surface area (Å²) in [5.74, 6) is -0.584. The van der Waals surface area contributed by atoms with Crippen LogP contribution in [0.15, 0.2) is 35.1 Å². The second-order valence-corrected chi connectivity index (χ2v) is 4.41. The van der Waals surface area contributed by atoms with Crippen molar-refractivity contribution in [2.45, 2.75) is 0 Å². The molecule has 1 N–H and O–H groups in total. The Kier molecular flexibility index (Phi) is 5.40. The Morgan fingerprint density at radius 2 is 2.22 bits per heavy atom. The first-order chi connectivity index (χ1) is 8.06. The topological polar surface area (TPSA) is 70.0 Å². The number of nitrogens with zero attached hydrogens (tertiary/aromatic N) is 2. The molecular weight excluding hydrogens is 309 g/mol. The molecule has 0 radical (unpaired) electrons. The number of amides is 1. The number of aryl methyl sites for hydroxylation is 1. The Bertz CT molecular complexity index is 571. The molecule has 1 aromatic heterocycles. The third-order valence-electron chi connectivity index (χ3n) is 2.16. The van der Waals surface area contributed by atoms with Crippen LogP contribution in [0.4, 0.5) is 5.69 Å². The third-order valence-corrected chi connectivity index (χ3v) is 2.65. The molecule has 0 aliphatic carbocycles. The van der Waals surface area contributed by atoms with Crippen molar-refractivity contribution < 1.29 is 39.5 Å². The summed E-state index contributed by atoms with van der Waals surface area (Å²) in [4.78, 5) is 11.8. The van der Waals surface area contributed by atoms with Gasteiger partial charge < -0.3 is 10.4 Å². The molecule has 0 atom stereocenters. The van der Waals surface area contributed by atoms with Crippen molar-refractivity contribution in [3.05, 3.63) is 40.6 Å². The van der Waals surface area contributed by atoms with Crippen LogP contribution in [0.3, 0.4) is 0 Å². The molecule has 2 rings (SSSR count). The number of carbonyl (C=O) groups is 1. The molecule has 0 aliphatic rings. The summed E-state index contributed by atoms with van der Waals surface area (Å²) < 4.78 is 2.26. The first kappa shape index (κ1) is 15.2. The van der Waals surface area contributed by atoms with Crippen LogP contribution < -0.4 is 40.0 Å². The molecule has 0 bridgehead atoms. The molecule has 1 amide bonds. The van der Waals surface area contributed by atoms with Crippen LogP contribution in [0.25, 0.3) is 0 Å². The molecular formula is C11H9BrN3NaO2. The summed E-state index contributed by atoms with van der Waals surface area (Å²) in [7, 11) is 1.72. The number of anilines is 1. The maximum Gasteiger partial charge on any atom is 1.00 e. The van der Waals surface area contributed by atoms with Crippen LogP contribution in [0, 0.1) is 0 Å². The molecule has 2 aromatic rings. The Morgan fingerprint density at radius 1 is 1.50 bits per heavy atom. The van der Waals surface area contributed by atoms with Gasteiger partial charge >= 0.3 is 29.6 Å². The Labute approximate surface area is 135 Å². The second kappa shape index (κ2) is 6.38. The zero-order chi connectivity index (χ0) is 12.4. The van der Waals surface area contributed by atoms with Gasteiger partial charge in [0.15, 0.2) is 0 Å². The molecule has 7 heteroatoms. The average Bonchev–Trinajstić information content (AvgIpc) is 2.70. The number of hydrogen-bond donors (Lipinski definition) is 1. The van der Waals surface area contributed by atoms with E-state index in [0.717, 1.165) is 4.47 Å². The van der Waals surface area contributed by atoms with Gasteiger partial charge in [0.25, 0.3) is 5.91 Å². The SMILES string of the molecule is Cn1cc(C(=O)Nc2cc(Br)ccc2[O-])cn1.[Na+]. The molecule has 0 saturated heterocycles. The van der Waals surface area contributed by atoms with Crippen molar-refractivity contribution >= 4 is 27.5 Å². The predicted octanol–water partition coefficient (Wildman–Crippen LogP) is -1.49. The smallest absolute Gasteiger partial charge is 0.871 e. The molecule has 0 fully saturated rings. The summed E-state index contributed by atoms with van der Waals surface area (Å²) >= 11 is 3.24. The summed E-state index contributed by atoms with van der Waals surface area (Å²) in [6.45, 7) is 0. The van der Waals surface area contributed by atoms with Gasteiger partial charge in [-0.1, -0.05) is 27.7 Å². The monoisotopic (exact) mass is 317 g/mol. The summed E-state index contributed by atoms with van der Waals surface area (Å²) in [5.41, 5.74) is 0.653. The normalized spacial score (nSPS) is 9.67. The number of rotatable bonds is 2. The van der Waals surface area contributed by atoms with Crippen molar-refractivity contribution in [3.8, 4) is 5.75 Å². The van der Waals surface area contributed by atoms with Crippen molar-refractivity contribution in [1.82, 2.24) is 9.78 Å². The van der Waals surface area contributed by atoms with E-state index < -0.39 is 0 Å². The van der Waals surface area contributed by atoms with Crippen LogP contribution in [-0.4, -0.2) is 15.7 Å². The van der Waals surface area contributed by atoms with Crippen LogP contribution in [0.5, 0.6) is 5.75 Å². The van der Waals surface area contributed by atoms with Crippen LogP contribution >= 0.6 is 15.9 Å². The molecule has 0 saturated carbocycles. The van der Waals surface area contributed by atoms with Gasteiger partial charge in [0, 0.05) is 23.4 Å². The summed E-state index contributed by atoms with van der Waals surface area (Å²) in [6, 6.07) is 4.58. The van der Waals surface area contributed by atoms with E-state index in [1.54, 1.807) is 25.4 Å². The molecule has 1 aromatic carbocycles. The van der Waals surface area contributed by atoms with Gasteiger partial charge in [0.2, 0.25) is 0 Å². The maximum atomic E-state index is 11.8. The van der Waals surface area contributed by atoms with Gasteiger partial charge in [0.05, 0.1) is 11.8 Å². The van der Waals surface area contributed by atoms with Gasteiger partial charge in [-0.2, -0.15) is 5.10 Å². The number of carbonyl (C=O) groups excluding carboxylic acids is 1. The molecule has 0 spiro atoms. The quantitative estimate of drug-likeness (QED) is 0.686. The largest absolute Gasteiger partial charge is 1.00 e. The van der Waals surface area contributed by atoms with Crippen LogP contribution in [0.1, 0.15) is 10.4 Å². The number of nitrogens with one attached hydrogen (secondary N) is 1. The second-order valence-electron chi connectivity index (χ2n) is 3.50. The van der Waals surface area contributed by atoms with Gasteiger partial charge in [0.1, 0.15) is 0 Å². The van der Waals surface area contributed by atoms with Gasteiger partial charge in [-0.3, -0.25) is 9.48 Å². The van der Waals surface area contributed by atoms with Crippen LogP contribution in [0.2, 0.25) is 0 Å². The predicted molar refractivity (Wildman–Crippen MR) is 64.7 cm³/mol. The fraction of sp³-hybridized carbons (Fsp3) is 0.0909. The number of aromatic nitrogens is 2. The Morgan fingerprint density at radius 3 is 2.83 bits per heavy atom. The van der Waals surface area contributed by atoms with E-state index in [9.17, 15) is 9.90 Å². The standard InChI is InChI=1S/C11H10BrN3O2.Na/c1-15-6-7(5-13-15)11(17)14-9-4-8(12)2-3-10(9)16;/h2-6,16H,1H3,(H,14,17);/q;+1/p-1. The fourth-order valence-electron chi connectivity index (χ4n) is 1.33. The molecule has 5 nitrogen and oxygen atoms in total. The molecule has 0 unspecified atom stereocenters. The van der Waals surface area contributed by atoms with E-state index >= 15 is 0 Å². The zero-order valence-electron chi connectivity index (χ0n) is 9.98. The van der Waals surface area contributed by atoms with Crippen molar-refractivity contribution in [3.63, 3.8) is 0 Å². The van der Waals surface area contributed by atoms with Crippen molar-refractivity contribution in [2.24, 2.45) is 7.05 Å². The fourth-order valence-corrected chi connectivity index (χ4v) is 1.69. The van der Waals surface area contributed by atoms with E-state index in [1.807, 2.05) is 0 Å². The van der Waals surface area contributed by atoms with E-state index in [-0.39, 0.29) is 46.9 Å². The average molecular weight is 318 g/mol. The number of hydrogen-bond acceptors (Lipinski definition) is 3. The van der Waals surface area contributed by atoms with Gasteiger partial charge in [-0.15, -0.1) is 0 Å². The first-order valence-electron chi connectivity index (χ1n) is 4.83. The van der Waals surface area contributed by atoms with Crippen molar-refractivity contribution in [1.29, 1.82) is 0 Å². The minimum Gasteiger partial charge on any atom is -0.871 e. The number of halogens is 1. The third kappa shape index (κ3) is 3.58. The van der Waals surface area contributed by atoms with Crippen LogP contribution in [-0.2, 0) is 7.05 Å². The first-order valence-corrected chi connectivity index (χ1v) is 5.62. The maximum absolute atomic E-state index is 11.8. The summed E-state index contributed by atoms with van der Waals surface area (Å²) in [6.07, 6.45) is 3.02. The molecule has 18 heavy (non-hydrogen) atoms. The number of benzene rings is 1. The Balaban J connectivity index is 0.00000162. The van der Waals surface area contributed by atoms with Gasteiger partial charge in [-0.25, -0.2) is 0 Å². The van der Waals surface area contributed by atoms with Gasteiger partial charge in [-0.05, 0) is 12.1 Å². The minimum absolute atomic E-state index is 0. The molecule has 1 heterocycles. The van der Waals surface area contributed by atoms with E-state index in [4.69, 9.17) is 0 Å². The molecule has 0 aliphatic heterocycles. The Hall–Kier alpha value is -0.820. The molecule has 88 valence electrons. The van der Waals surface area contributed by atoms with E-state index in [1.165, 1.54) is 16.9 Å².